The van der Waals surface area contributed by atoms with Crippen molar-refractivity contribution in [2.24, 2.45) is 17.3 Å². The standard InChI is InChI=1S/C20H26O7/c1-9(7-21)19-13(26-19)14-20(27-14)17(2)5-3-10-11(8-25-15(10)22)12(17)4-6-18(20,24)16(19)23/h9,12-14,16,21,23-24H,3-8H2,1-2H3. The number of hydrogen-bond acceptors (Lipinski definition) is 7. The molecule has 6 rings (SSSR count). The molecular formula is C20H26O7. The molecular weight excluding hydrogens is 352 g/mol. The van der Waals surface area contributed by atoms with Crippen LogP contribution < -0.4 is 0 Å². The normalized spacial score (nSPS) is 58.3. The topological polar surface area (TPSA) is 112 Å². The number of hydrogen-bond donors (Lipinski definition) is 3. The van der Waals surface area contributed by atoms with Gasteiger partial charge in [0.15, 0.2) is 0 Å². The van der Waals surface area contributed by atoms with Crippen molar-refractivity contribution in [3.63, 3.8) is 0 Å². The highest BCUT2D eigenvalue weighted by Gasteiger charge is 2.93. The van der Waals surface area contributed by atoms with Crippen LogP contribution in [0.15, 0.2) is 11.1 Å². The molecule has 7 heteroatoms. The van der Waals surface area contributed by atoms with E-state index in [-0.39, 0.29) is 42.0 Å². The van der Waals surface area contributed by atoms with Crippen LogP contribution in [0.25, 0.3) is 0 Å². The summed E-state index contributed by atoms with van der Waals surface area (Å²) in [4.78, 5) is 12.0. The molecule has 27 heavy (non-hydrogen) atoms. The summed E-state index contributed by atoms with van der Waals surface area (Å²) < 4.78 is 17.6. The van der Waals surface area contributed by atoms with Crippen molar-refractivity contribution in [3.8, 4) is 0 Å². The van der Waals surface area contributed by atoms with Crippen LogP contribution in [0.5, 0.6) is 0 Å². The Morgan fingerprint density at radius 3 is 2.78 bits per heavy atom. The molecule has 3 heterocycles. The quantitative estimate of drug-likeness (QED) is 0.460. The molecule has 0 aromatic carbocycles. The van der Waals surface area contributed by atoms with Crippen LogP contribution in [0, 0.1) is 17.3 Å². The fraction of sp³-hybridized carbons (Fsp3) is 0.850. The van der Waals surface area contributed by atoms with Crippen LogP contribution in [-0.2, 0) is 19.0 Å². The lowest BCUT2D eigenvalue weighted by atomic mass is 9.45. The van der Waals surface area contributed by atoms with Crippen molar-refractivity contribution in [1.29, 1.82) is 0 Å². The van der Waals surface area contributed by atoms with Gasteiger partial charge in [0, 0.05) is 23.5 Å². The SMILES string of the molecule is CC(CO)C12OC1C1OC13C1(C)CCC4=C(COC4=O)C1CCC3(O)C2O. The van der Waals surface area contributed by atoms with E-state index in [2.05, 4.69) is 6.92 Å². The van der Waals surface area contributed by atoms with Crippen molar-refractivity contribution < 1.29 is 34.3 Å². The number of carbonyl (C=O) groups is 1. The Morgan fingerprint density at radius 1 is 1.26 bits per heavy atom. The number of epoxide rings is 2. The summed E-state index contributed by atoms with van der Waals surface area (Å²) in [6, 6.07) is 0. The van der Waals surface area contributed by atoms with Crippen molar-refractivity contribution in [2.45, 2.75) is 74.6 Å². The molecule has 7 nitrogen and oxygen atoms in total. The van der Waals surface area contributed by atoms with E-state index in [1.807, 2.05) is 6.92 Å². The predicted molar refractivity (Wildman–Crippen MR) is 90.5 cm³/mol. The molecule has 6 aliphatic rings. The van der Waals surface area contributed by atoms with E-state index >= 15 is 0 Å². The lowest BCUT2D eigenvalue weighted by molar-refractivity contribution is -0.219. The minimum absolute atomic E-state index is 0.103. The maximum Gasteiger partial charge on any atom is 0.334 e. The van der Waals surface area contributed by atoms with E-state index in [1.165, 1.54) is 0 Å². The van der Waals surface area contributed by atoms with Gasteiger partial charge in [-0.05, 0) is 37.2 Å². The minimum Gasteiger partial charge on any atom is -0.458 e. The van der Waals surface area contributed by atoms with Gasteiger partial charge in [0.05, 0.1) is 0 Å². The number of carbonyl (C=O) groups excluding carboxylic acids is 1. The number of fused-ring (bicyclic) bond motifs is 4. The van der Waals surface area contributed by atoms with Crippen LogP contribution in [-0.4, -0.2) is 69.6 Å². The van der Waals surface area contributed by atoms with E-state index in [0.29, 0.717) is 32.3 Å². The van der Waals surface area contributed by atoms with E-state index in [0.717, 1.165) is 11.1 Å². The Bertz CT molecular complexity index is 793. The summed E-state index contributed by atoms with van der Waals surface area (Å²) in [7, 11) is 0. The summed E-state index contributed by atoms with van der Waals surface area (Å²) >= 11 is 0. The summed E-state index contributed by atoms with van der Waals surface area (Å²) in [6.07, 6.45) is 0.694. The van der Waals surface area contributed by atoms with Crippen molar-refractivity contribution in [3.05, 3.63) is 11.1 Å². The highest BCUT2D eigenvalue weighted by Crippen LogP contribution is 2.77. The van der Waals surface area contributed by atoms with Gasteiger partial charge in [0.1, 0.15) is 41.7 Å². The fourth-order valence-electron chi connectivity index (χ4n) is 7.42. The van der Waals surface area contributed by atoms with Crippen LogP contribution in [0.1, 0.15) is 39.5 Å². The molecule has 4 fully saturated rings. The zero-order chi connectivity index (χ0) is 19.0. The first kappa shape index (κ1) is 16.9. The van der Waals surface area contributed by atoms with Gasteiger partial charge in [0.2, 0.25) is 0 Å². The lowest BCUT2D eigenvalue weighted by Crippen LogP contribution is -2.73. The molecule has 0 amide bonds. The van der Waals surface area contributed by atoms with E-state index in [4.69, 9.17) is 14.2 Å². The molecule has 148 valence electrons. The zero-order valence-corrected chi connectivity index (χ0v) is 15.6. The molecule has 3 N–H and O–H groups in total. The first-order chi connectivity index (χ1) is 12.8. The van der Waals surface area contributed by atoms with Crippen molar-refractivity contribution in [2.75, 3.05) is 13.2 Å². The average Bonchev–Trinajstić information content (AvgIpc) is 3.53. The van der Waals surface area contributed by atoms with Gasteiger partial charge in [0.25, 0.3) is 0 Å². The highest BCUT2D eigenvalue weighted by atomic mass is 16.7. The molecule has 0 aromatic heterocycles. The second kappa shape index (κ2) is 4.60. The van der Waals surface area contributed by atoms with Crippen LogP contribution in [0.2, 0.25) is 0 Å². The van der Waals surface area contributed by atoms with Crippen LogP contribution in [0.3, 0.4) is 0 Å². The molecule has 3 aliphatic heterocycles. The Morgan fingerprint density at radius 2 is 2.04 bits per heavy atom. The van der Waals surface area contributed by atoms with Gasteiger partial charge in [-0.1, -0.05) is 13.8 Å². The van der Waals surface area contributed by atoms with Gasteiger partial charge >= 0.3 is 5.97 Å². The second-order valence-electron chi connectivity index (χ2n) is 9.67. The third-order valence-corrected chi connectivity index (χ3v) is 8.96. The van der Waals surface area contributed by atoms with E-state index in [9.17, 15) is 20.1 Å². The zero-order valence-electron chi connectivity index (χ0n) is 15.6. The molecule has 2 saturated carbocycles. The van der Waals surface area contributed by atoms with Crippen molar-refractivity contribution >= 4 is 5.97 Å². The maximum atomic E-state index is 12.0. The molecule has 0 aromatic rings. The van der Waals surface area contributed by atoms with Gasteiger partial charge in [-0.25, -0.2) is 4.79 Å². The van der Waals surface area contributed by atoms with Gasteiger partial charge in [-0.3, -0.25) is 0 Å². The monoisotopic (exact) mass is 378 g/mol. The Kier molecular flexibility index (Phi) is 2.88. The molecule has 2 saturated heterocycles. The predicted octanol–water partition coefficient (Wildman–Crippen LogP) is 0.0591. The number of esters is 1. The van der Waals surface area contributed by atoms with Crippen LogP contribution in [0.4, 0.5) is 0 Å². The Hall–Kier alpha value is -0.990. The van der Waals surface area contributed by atoms with Gasteiger partial charge in [-0.15, -0.1) is 0 Å². The largest absolute Gasteiger partial charge is 0.458 e. The first-order valence-electron chi connectivity index (χ1n) is 10.0. The number of cyclic esters (lactones) is 1. The number of ether oxygens (including phenoxy) is 3. The molecule has 0 radical (unpaired) electrons. The number of aliphatic hydroxyl groups is 3. The fourth-order valence-corrected chi connectivity index (χ4v) is 7.42. The lowest BCUT2D eigenvalue weighted by Gasteiger charge is -2.59. The minimum atomic E-state index is -1.42. The molecule has 0 bridgehead atoms. The molecule has 9 atom stereocenters. The summed E-state index contributed by atoms with van der Waals surface area (Å²) in [5.74, 6) is -0.383. The number of aliphatic hydroxyl groups excluding tert-OH is 2. The van der Waals surface area contributed by atoms with Crippen LogP contribution >= 0.6 is 0 Å². The second-order valence-corrected chi connectivity index (χ2v) is 9.67. The Balaban J connectivity index is 1.45. The third-order valence-electron chi connectivity index (χ3n) is 8.96. The average molecular weight is 378 g/mol. The molecule has 9 unspecified atom stereocenters. The first-order valence-corrected chi connectivity index (χ1v) is 10.0. The van der Waals surface area contributed by atoms with Gasteiger partial charge in [-0.2, -0.15) is 0 Å². The summed E-state index contributed by atoms with van der Waals surface area (Å²) in [5, 5.41) is 32.8. The summed E-state index contributed by atoms with van der Waals surface area (Å²) in [5.41, 5.74) is -1.74. The van der Waals surface area contributed by atoms with Gasteiger partial charge < -0.3 is 29.5 Å². The third kappa shape index (κ3) is 1.50. The number of rotatable bonds is 2. The van der Waals surface area contributed by atoms with E-state index < -0.39 is 22.9 Å². The highest BCUT2D eigenvalue weighted by molar-refractivity contribution is 5.92. The van der Waals surface area contributed by atoms with Crippen molar-refractivity contribution in [1.82, 2.24) is 0 Å². The van der Waals surface area contributed by atoms with E-state index in [1.54, 1.807) is 0 Å². The maximum absolute atomic E-state index is 12.0. The molecule has 1 spiro atoms. The summed E-state index contributed by atoms with van der Waals surface area (Å²) in [6.45, 7) is 4.20. The smallest absolute Gasteiger partial charge is 0.334 e. The Labute approximate surface area is 157 Å². The molecule has 3 aliphatic carbocycles.